The van der Waals surface area contributed by atoms with Gasteiger partial charge < -0.3 is 14.2 Å². The Bertz CT molecular complexity index is 670. The molecule has 0 aromatic heterocycles. The minimum Gasteiger partial charge on any atom is -0.493 e. The van der Waals surface area contributed by atoms with E-state index >= 15 is 0 Å². The molecule has 0 fully saturated rings. The van der Waals surface area contributed by atoms with Crippen molar-refractivity contribution in [2.45, 2.75) is 13.3 Å². The molecule has 0 aliphatic heterocycles. The van der Waals surface area contributed by atoms with E-state index in [1.165, 1.54) is 7.11 Å². The molecule has 2 aromatic rings. The van der Waals surface area contributed by atoms with Gasteiger partial charge in [-0.05, 0) is 48.4 Å². The predicted molar refractivity (Wildman–Crippen MR) is 90.2 cm³/mol. The van der Waals surface area contributed by atoms with Gasteiger partial charge in [0.1, 0.15) is 25.2 Å². The summed E-state index contributed by atoms with van der Waals surface area (Å²) in [5.74, 6) is 1.86. The lowest BCUT2D eigenvalue weighted by Gasteiger charge is -2.12. The third-order valence-electron chi connectivity index (χ3n) is 3.33. The Morgan fingerprint density at radius 3 is 2.52 bits per heavy atom. The van der Waals surface area contributed by atoms with Crippen LogP contribution in [0.25, 0.3) is 0 Å². The summed E-state index contributed by atoms with van der Waals surface area (Å²) in [5.41, 5.74) is 1.59. The number of carbonyl (C=O) groups is 1. The number of hydrogen-bond donors (Lipinski definition) is 0. The monoisotopic (exact) mass is 334 g/mol. The molecule has 0 bridgehead atoms. The molecular formula is C18H19ClO4. The molecule has 0 unspecified atom stereocenters. The van der Waals surface area contributed by atoms with Crippen molar-refractivity contribution in [2.75, 3.05) is 20.3 Å². The molecule has 2 aromatic carbocycles. The number of benzene rings is 2. The lowest BCUT2D eigenvalue weighted by Crippen LogP contribution is -2.09. The fraction of sp³-hybridized carbons (Fsp3) is 0.278. The maximum absolute atomic E-state index is 10.8. The van der Waals surface area contributed by atoms with Crippen molar-refractivity contribution in [3.8, 4) is 17.2 Å². The second-order valence-corrected chi connectivity index (χ2v) is 5.24. The molecule has 0 aliphatic rings. The Balaban J connectivity index is 1.89. The van der Waals surface area contributed by atoms with Crippen LogP contribution in [0.5, 0.6) is 17.2 Å². The predicted octanol–water partition coefficient (Wildman–Crippen LogP) is 4.18. The van der Waals surface area contributed by atoms with E-state index in [4.69, 9.17) is 25.8 Å². The van der Waals surface area contributed by atoms with Crippen LogP contribution in [0.1, 0.15) is 22.8 Å². The summed E-state index contributed by atoms with van der Waals surface area (Å²) in [7, 11) is 1.53. The number of ether oxygens (including phenoxy) is 3. The first-order valence-corrected chi connectivity index (χ1v) is 7.73. The Kier molecular flexibility index (Phi) is 6.29. The van der Waals surface area contributed by atoms with Gasteiger partial charge in [0.15, 0.2) is 11.5 Å². The molecule has 0 aliphatic carbocycles. The highest BCUT2D eigenvalue weighted by Gasteiger charge is 2.06. The molecular weight excluding hydrogens is 316 g/mol. The Morgan fingerprint density at radius 1 is 1.04 bits per heavy atom. The summed E-state index contributed by atoms with van der Waals surface area (Å²) in [6.07, 6.45) is 1.62. The summed E-state index contributed by atoms with van der Waals surface area (Å²) in [4.78, 5) is 10.8. The summed E-state index contributed by atoms with van der Waals surface area (Å²) < 4.78 is 16.5. The average molecular weight is 335 g/mol. The third kappa shape index (κ3) is 4.63. The molecule has 0 amide bonds. The molecule has 0 saturated carbocycles. The smallest absolute Gasteiger partial charge is 0.161 e. The van der Waals surface area contributed by atoms with E-state index in [1.807, 2.05) is 25.1 Å². The Morgan fingerprint density at radius 2 is 1.83 bits per heavy atom. The molecule has 5 heteroatoms. The highest BCUT2D eigenvalue weighted by molar-refractivity contribution is 6.31. The third-order valence-corrected chi connectivity index (χ3v) is 3.70. The van der Waals surface area contributed by atoms with E-state index in [1.54, 1.807) is 18.2 Å². The zero-order valence-electron chi connectivity index (χ0n) is 13.2. The number of aldehydes is 1. The van der Waals surface area contributed by atoms with Gasteiger partial charge in [0, 0.05) is 10.6 Å². The van der Waals surface area contributed by atoms with Crippen LogP contribution in [0.3, 0.4) is 0 Å². The zero-order valence-corrected chi connectivity index (χ0v) is 13.9. The minimum atomic E-state index is 0.362. The highest BCUT2D eigenvalue weighted by Crippen LogP contribution is 2.27. The number of rotatable bonds is 8. The molecule has 122 valence electrons. The van der Waals surface area contributed by atoms with Crippen molar-refractivity contribution in [2.24, 2.45) is 0 Å². The second-order valence-electron chi connectivity index (χ2n) is 4.83. The Labute approximate surface area is 140 Å². The maximum atomic E-state index is 10.8. The van der Waals surface area contributed by atoms with Crippen molar-refractivity contribution in [3.63, 3.8) is 0 Å². The van der Waals surface area contributed by atoms with Crippen LogP contribution < -0.4 is 14.2 Å². The quantitative estimate of drug-likeness (QED) is 0.536. The molecule has 0 spiro atoms. The molecule has 4 nitrogen and oxygen atoms in total. The number of hydrogen-bond acceptors (Lipinski definition) is 4. The van der Waals surface area contributed by atoms with E-state index in [0.29, 0.717) is 30.3 Å². The molecule has 0 atom stereocenters. The summed E-state index contributed by atoms with van der Waals surface area (Å²) >= 11 is 6.08. The molecule has 2 rings (SSSR count). The number of methoxy groups -OCH3 is 1. The standard InChI is InChI=1S/C18H19ClO4/c1-3-14-11-15(5-6-16(14)19)22-8-9-23-17-7-4-13(12-20)10-18(17)21-2/h4-7,10-12H,3,8-9H2,1-2H3. The van der Waals surface area contributed by atoms with Crippen LogP contribution in [-0.4, -0.2) is 26.6 Å². The molecule has 0 saturated heterocycles. The molecule has 23 heavy (non-hydrogen) atoms. The fourth-order valence-corrected chi connectivity index (χ4v) is 2.35. The summed E-state index contributed by atoms with van der Waals surface area (Å²) in [6.45, 7) is 2.80. The van der Waals surface area contributed by atoms with Crippen LogP contribution >= 0.6 is 11.6 Å². The topological polar surface area (TPSA) is 44.8 Å². The Hall–Kier alpha value is -2.20. The van der Waals surface area contributed by atoms with E-state index in [2.05, 4.69) is 0 Å². The van der Waals surface area contributed by atoms with Crippen molar-refractivity contribution in [1.82, 2.24) is 0 Å². The molecule has 0 N–H and O–H groups in total. The van der Waals surface area contributed by atoms with Gasteiger partial charge in [0.25, 0.3) is 0 Å². The van der Waals surface area contributed by atoms with Crippen molar-refractivity contribution in [1.29, 1.82) is 0 Å². The van der Waals surface area contributed by atoms with Crippen LogP contribution in [0, 0.1) is 0 Å². The number of halogens is 1. The van der Waals surface area contributed by atoms with Gasteiger partial charge in [-0.15, -0.1) is 0 Å². The van der Waals surface area contributed by atoms with Crippen molar-refractivity contribution < 1.29 is 19.0 Å². The highest BCUT2D eigenvalue weighted by atomic mass is 35.5. The molecule has 0 heterocycles. The van der Waals surface area contributed by atoms with Gasteiger partial charge >= 0.3 is 0 Å². The van der Waals surface area contributed by atoms with Crippen molar-refractivity contribution >= 4 is 17.9 Å². The van der Waals surface area contributed by atoms with E-state index in [-0.39, 0.29) is 0 Å². The first kappa shape index (κ1) is 17.2. The van der Waals surface area contributed by atoms with Crippen LogP contribution in [0.4, 0.5) is 0 Å². The van der Waals surface area contributed by atoms with Crippen LogP contribution in [-0.2, 0) is 6.42 Å². The van der Waals surface area contributed by atoms with Crippen LogP contribution in [0.2, 0.25) is 5.02 Å². The fourth-order valence-electron chi connectivity index (χ4n) is 2.10. The van der Waals surface area contributed by atoms with Gasteiger partial charge in [0.2, 0.25) is 0 Å². The van der Waals surface area contributed by atoms with Gasteiger partial charge in [0.05, 0.1) is 7.11 Å². The first-order chi connectivity index (χ1) is 11.2. The first-order valence-electron chi connectivity index (χ1n) is 7.35. The summed E-state index contributed by atoms with van der Waals surface area (Å²) in [5, 5.41) is 0.746. The average Bonchev–Trinajstić information content (AvgIpc) is 2.59. The maximum Gasteiger partial charge on any atom is 0.161 e. The largest absolute Gasteiger partial charge is 0.493 e. The number of carbonyl (C=O) groups excluding carboxylic acids is 1. The van der Waals surface area contributed by atoms with Crippen LogP contribution in [0.15, 0.2) is 36.4 Å². The summed E-state index contributed by atoms with van der Waals surface area (Å²) in [6, 6.07) is 10.6. The van der Waals surface area contributed by atoms with Gasteiger partial charge in [-0.2, -0.15) is 0 Å². The second kappa shape index (κ2) is 8.44. The number of aryl methyl sites for hydroxylation is 1. The SMILES string of the molecule is CCc1cc(OCCOc2ccc(C=O)cc2OC)ccc1Cl. The lowest BCUT2D eigenvalue weighted by molar-refractivity contribution is 0.112. The van der Waals surface area contributed by atoms with Gasteiger partial charge in [-0.25, -0.2) is 0 Å². The normalized spacial score (nSPS) is 10.2. The van der Waals surface area contributed by atoms with E-state index in [9.17, 15) is 4.79 Å². The van der Waals surface area contributed by atoms with E-state index < -0.39 is 0 Å². The molecule has 0 radical (unpaired) electrons. The minimum absolute atomic E-state index is 0.362. The lowest BCUT2D eigenvalue weighted by atomic mass is 10.1. The van der Waals surface area contributed by atoms with Gasteiger partial charge in [-0.3, -0.25) is 4.79 Å². The van der Waals surface area contributed by atoms with Crippen molar-refractivity contribution in [3.05, 3.63) is 52.5 Å². The van der Waals surface area contributed by atoms with E-state index in [0.717, 1.165) is 29.0 Å². The zero-order chi connectivity index (χ0) is 16.7. The van der Waals surface area contributed by atoms with Gasteiger partial charge in [-0.1, -0.05) is 18.5 Å².